The van der Waals surface area contributed by atoms with Crippen molar-refractivity contribution in [2.24, 2.45) is 0 Å². The van der Waals surface area contributed by atoms with E-state index >= 15 is 0 Å². The minimum absolute atomic E-state index is 0.711. The molecule has 5 heteroatoms. The number of hydrogen-bond donors (Lipinski definition) is 0. The molecule has 360 valence electrons. The number of aryl methyl sites for hydroxylation is 1. The van der Waals surface area contributed by atoms with Crippen molar-refractivity contribution < 1.29 is 0 Å². The first-order valence-electron chi connectivity index (χ1n) is 25.8. The van der Waals surface area contributed by atoms with Gasteiger partial charge in [-0.15, -0.1) is 0 Å². The van der Waals surface area contributed by atoms with Crippen molar-refractivity contribution in [3.05, 3.63) is 297 Å². The van der Waals surface area contributed by atoms with Gasteiger partial charge < -0.3 is 14.4 Å². The molecule has 11 aromatic carbocycles. The van der Waals surface area contributed by atoms with Gasteiger partial charge in [-0.25, -0.2) is 9.97 Å². The predicted octanol–water partition coefficient (Wildman–Crippen LogP) is 19.2. The summed E-state index contributed by atoms with van der Waals surface area (Å²) in [6.45, 7) is 2.21. The van der Waals surface area contributed by atoms with Crippen LogP contribution in [0.4, 0.5) is 34.1 Å². The van der Waals surface area contributed by atoms with Gasteiger partial charge in [0.25, 0.3) is 0 Å². The third kappa shape index (κ3) is 8.86. The van der Waals surface area contributed by atoms with Crippen molar-refractivity contribution in [1.29, 1.82) is 0 Å². The molecule has 0 spiro atoms. The summed E-state index contributed by atoms with van der Waals surface area (Å²) in [5.41, 5.74) is 20.7. The normalized spacial score (nSPS) is 11.2. The first-order chi connectivity index (χ1) is 37.6. The number of rotatable bonds is 12. The van der Waals surface area contributed by atoms with Gasteiger partial charge in [0.1, 0.15) is 0 Å². The lowest BCUT2D eigenvalue weighted by Crippen LogP contribution is -2.09. The lowest BCUT2D eigenvalue weighted by atomic mass is 9.94. The second kappa shape index (κ2) is 20.1. The second-order valence-electron chi connectivity index (χ2n) is 19.1. The lowest BCUT2D eigenvalue weighted by Gasteiger charge is -2.26. The Morgan fingerprint density at radius 2 is 0.671 bits per heavy atom. The number of benzene rings is 11. The Balaban J connectivity index is 0.856. The van der Waals surface area contributed by atoms with Crippen molar-refractivity contribution in [2.75, 3.05) is 9.80 Å². The van der Waals surface area contributed by atoms with E-state index in [0.717, 1.165) is 90.1 Å². The molecule has 0 aliphatic carbocycles. The SMILES string of the molecule is Cc1cc(-c2ccc(-n3c4ccc(N(c5ccccc5)c5ccccc5)cc4c4cc(N(c5ccccc5)c5ccccc5)ccc43)cc2)ccc1-c1ccc(-c2cc(-c3ccccc3)nc(-c3ccccc3)n2)cc1. The van der Waals surface area contributed by atoms with E-state index in [1.54, 1.807) is 0 Å². The van der Waals surface area contributed by atoms with Crippen molar-refractivity contribution in [1.82, 2.24) is 14.5 Å². The van der Waals surface area contributed by atoms with Crippen LogP contribution in [-0.2, 0) is 0 Å². The maximum atomic E-state index is 5.06. The molecule has 13 aromatic rings. The molecule has 0 atom stereocenters. The van der Waals surface area contributed by atoms with Crippen LogP contribution in [0.25, 0.3) is 83.6 Å². The molecule has 0 aliphatic heterocycles. The van der Waals surface area contributed by atoms with E-state index in [4.69, 9.17) is 9.97 Å². The highest BCUT2D eigenvalue weighted by atomic mass is 15.1. The molecule has 5 nitrogen and oxygen atoms in total. The lowest BCUT2D eigenvalue weighted by molar-refractivity contribution is 1.18. The van der Waals surface area contributed by atoms with E-state index in [-0.39, 0.29) is 0 Å². The molecule has 0 bridgehead atoms. The Kier molecular flexibility index (Phi) is 12.1. The summed E-state index contributed by atoms with van der Waals surface area (Å²) in [5, 5.41) is 2.34. The molecule has 0 amide bonds. The van der Waals surface area contributed by atoms with Crippen molar-refractivity contribution in [3.8, 4) is 61.8 Å². The van der Waals surface area contributed by atoms with Crippen LogP contribution in [0.5, 0.6) is 0 Å². The van der Waals surface area contributed by atoms with E-state index in [1.165, 1.54) is 27.5 Å². The molecule has 13 rings (SSSR count). The fourth-order valence-corrected chi connectivity index (χ4v) is 10.6. The highest BCUT2D eigenvalue weighted by Crippen LogP contribution is 2.43. The Bertz CT molecular complexity index is 3850. The Morgan fingerprint density at radius 1 is 0.289 bits per heavy atom. The Morgan fingerprint density at radius 3 is 1.12 bits per heavy atom. The first-order valence-corrected chi connectivity index (χ1v) is 25.8. The van der Waals surface area contributed by atoms with Gasteiger partial charge in [-0.1, -0.05) is 188 Å². The van der Waals surface area contributed by atoms with Gasteiger partial charge in [0.15, 0.2) is 5.82 Å². The van der Waals surface area contributed by atoms with Crippen LogP contribution >= 0.6 is 0 Å². The maximum absolute atomic E-state index is 5.06. The van der Waals surface area contributed by atoms with Crippen LogP contribution in [0.2, 0.25) is 0 Å². The molecule has 0 unspecified atom stereocenters. The Hall–Kier alpha value is -10.1. The zero-order valence-corrected chi connectivity index (χ0v) is 41.9. The average Bonchev–Trinajstić information content (AvgIpc) is 3.84. The molecular weight excluding hydrogens is 923 g/mol. The van der Waals surface area contributed by atoms with E-state index in [0.29, 0.717) is 5.82 Å². The molecule has 2 aromatic heterocycles. The molecule has 2 heterocycles. The molecular formula is C71H51N5. The van der Waals surface area contributed by atoms with Gasteiger partial charge in [-0.3, -0.25) is 0 Å². The zero-order valence-electron chi connectivity index (χ0n) is 41.9. The topological polar surface area (TPSA) is 37.2 Å². The van der Waals surface area contributed by atoms with E-state index in [1.807, 2.05) is 36.4 Å². The van der Waals surface area contributed by atoms with Crippen LogP contribution in [0.15, 0.2) is 291 Å². The third-order valence-electron chi connectivity index (χ3n) is 14.3. The summed E-state index contributed by atoms with van der Waals surface area (Å²) < 4.78 is 2.41. The van der Waals surface area contributed by atoms with Gasteiger partial charge >= 0.3 is 0 Å². The van der Waals surface area contributed by atoms with Crippen LogP contribution in [-0.4, -0.2) is 14.5 Å². The average molecular weight is 974 g/mol. The molecule has 0 fully saturated rings. The van der Waals surface area contributed by atoms with Crippen LogP contribution in [0, 0.1) is 6.92 Å². The monoisotopic (exact) mass is 973 g/mol. The number of fused-ring (bicyclic) bond motifs is 3. The van der Waals surface area contributed by atoms with E-state index in [2.05, 4.69) is 276 Å². The van der Waals surface area contributed by atoms with E-state index in [9.17, 15) is 0 Å². The molecule has 0 saturated carbocycles. The minimum Gasteiger partial charge on any atom is -0.310 e. The molecule has 0 aliphatic rings. The summed E-state index contributed by atoms with van der Waals surface area (Å²) in [6.07, 6.45) is 0. The summed E-state index contributed by atoms with van der Waals surface area (Å²) in [6, 6.07) is 104. The fraction of sp³-hybridized carbons (Fsp3) is 0.0141. The molecule has 0 radical (unpaired) electrons. The number of anilines is 6. The minimum atomic E-state index is 0.711. The number of hydrogen-bond acceptors (Lipinski definition) is 4. The van der Waals surface area contributed by atoms with Crippen LogP contribution < -0.4 is 9.80 Å². The highest BCUT2D eigenvalue weighted by molar-refractivity contribution is 6.12. The fourth-order valence-electron chi connectivity index (χ4n) is 10.6. The highest BCUT2D eigenvalue weighted by Gasteiger charge is 2.21. The van der Waals surface area contributed by atoms with Gasteiger partial charge in [0, 0.05) is 67.3 Å². The quantitative estimate of drug-likeness (QED) is 0.122. The number of para-hydroxylation sites is 4. The van der Waals surface area contributed by atoms with Gasteiger partial charge in [0.05, 0.1) is 22.4 Å². The second-order valence-corrected chi connectivity index (χ2v) is 19.1. The smallest absolute Gasteiger partial charge is 0.160 e. The van der Waals surface area contributed by atoms with E-state index < -0.39 is 0 Å². The molecule has 0 saturated heterocycles. The third-order valence-corrected chi connectivity index (χ3v) is 14.3. The summed E-state index contributed by atoms with van der Waals surface area (Å²) in [7, 11) is 0. The first kappa shape index (κ1) is 45.7. The standard InChI is InChI=1S/C71H51N5/c1-50-46-56(38-43-64(50)52-32-34-54(35-33-52)68-49-67(53-20-8-2-9-21-53)72-71(73-68)55-22-10-3-11-23-55)51-36-39-61(40-37-51)76-69-44-41-62(74(57-24-12-4-13-25-57)58-26-14-5-15-27-58)47-65(69)66-48-63(42-45-70(66)76)75(59-28-16-6-17-29-59)60-30-18-7-19-31-60/h2-49H,1H3. The number of aromatic nitrogens is 3. The number of nitrogens with zero attached hydrogens (tertiary/aromatic N) is 5. The summed E-state index contributed by atoms with van der Waals surface area (Å²) >= 11 is 0. The van der Waals surface area contributed by atoms with Crippen molar-refractivity contribution in [3.63, 3.8) is 0 Å². The summed E-state index contributed by atoms with van der Waals surface area (Å²) in [5.74, 6) is 0.711. The van der Waals surface area contributed by atoms with Crippen LogP contribution in [0.1, 0.15) is 5.56 Å². The molecule has 76 heavy (non-hydrogen) atoms. The van der Waals surface area contributed by atoms with Gasteiger partial charge in [-0.05, 0) is 138 Å². The zero-order chi connectivity index (χ0) is 50.8. The molecule has 0 N–H and O–H groups in total. The Labute approximate surface area is 443 Å². The van der Waals surface area contributed by atoms with Crippen molar-refractivity contribution in [2.45, 2.75) is 6.92 Å². The summed E-state index contributed by atoms with van der Waals surface area (Å²) in [4.78, 5) is 14.7. The van der Waals surface area contributed by atoms with Crippen molar-refractivity contribution >= 4 is 55.9 Å². The van der Waals surface area contributed by atoms with Gasteiger partial charge in [-0.2, -0.15) is 0 Å². The van der Waals surface area contributed by atoms with Crippen LogP contribution in [0.3, 0.4) is 0 Å². The maximum Gasteiger partial charge on any atom is 0.160 e. The predicted molar refractivity (Wildman–Crippen MR) is 318 cm³/mol. The largest absolute Gasteiger partial charge is 0.310 e. The van der Waals surface area contributed by atoms with Gasteiger partial charge in [0.2, 0.25) is 0 Å².